The van der Waals surface area contributed by atoms with E-state index in [0.717, 1.165) is 11.1 Å². The molecular weight excluding hydrogens is 466 g/mol. The largest absolute Gasteiger partial charge is 0.472 e. The fourth-order valence-electron chi connectivity index (χ4n) is 4.34. The van der Waals surface area contributed by atoms with Crippen molar-refractivity contribution in [3.8, 4) is 5.88 Å². The third-order valence-electron chi connectivity index (χ3n) is 6.63. The molecule has 37 heavy (non-hydrogen) atoms. The van der Waals surface area contributed by atoms with E-state index in [1.54, 1.807) is 41.2 Å². The van der Waals surface area contributed by atoms with Gasteiger partial charge in [-0.3, -0.25) is 9.59 Å². The van der Waals surface area contributed by atoms with Crippen LogP contribution in [-0.2, 0) is 0 Å². The number of aliphatic hydroxyl groups excluding tert-OH is 1. The van der Waals surface area contributed by atoms with Crippen molar-refractivity contribution >= 4 is 24.0 Å². The first kappa shape index (κ1) is 26.1. The number of pyridine rings is 1. The second-order valence-corrected chi connectivity index (χ2v) is 9.54. The van der Waals surface area contributed by atoms with Crippen molar-refractivity contribution in [2.45, 2.75) is 26.0 Å². The zero-order valence-corrected chi connectivity index (χ0v) is 21.4. The number of rotatable bonds is 7. The van der Waals surface area contributed by atoms with Gasteiger partial charge in [0.05, 0.1) is 19.2 Å². The summed E-state index contributed by atoms with van der Waals surface area (Å²) < 4.78 is 6.32. The fraction of sp³-hybridized carbons (Fsp3) is 0.300. The number of aromatic nitrogens is 1. The second kappa shape index (κ2) is 11.8. The highest BCUT2D eigenvalue weighted by Crippen LogP contribution is 2.28. The van der Waals surface area contributed by atoms with E-state index in [1.165, 1.54) is 0 Å². The van der Waals surface area contributed by atoms with Gasteiger partial charge in [-0.2, -0.15) is 0 Å². The van der Waals surface area contributed by atoms with Crippen LogP contribution in [0.1, 0.15) is 45.7 Å². The number of amides is 2. The van der Waals surface area contributed by atoms with Gasteiger partial charge in [-0.1, -0.05) is 67.6 Å². The molecule has 0 spiro atoms. The predicted octanol–water partition coefficient (Wildman–Crippen LogP) is 4.24. The number of fused-ring (bicyclic) bond motifs is 1. The number of nitrogens with zero attached hydrogens (tertiary/aromatic N) is 3. The molecule has 192 valence electrons. The lowest BCUT2D eigenvalue weighted by Gasteiger charge is -2.37. The second-order valence-electron chi connectivity index (χ2n) is 9.54. The van der Waals surface area contributed by atoms with Crippen LogP contribution in [0.25, 0.3) is 12.2 Å². The lowest BCUT2D eigenvalue weighted by atomic mass is 9.99. The van der Waals surface area contributed by atoms with Crippen molar-refractivity contribution in [2.75, 3.05) is 26.7 Å². The zero-order chi connectivity index (χ0) is 26.4. The summed E-state index contributed by atoms with van der Waals surface area (Å²) in [5.41, 5.74) is 2.73. The van der Waals surface area contributed by atoms with E-state index in [0.29, 0.717) is 24.2 Å². The van der Waals surface area contributed by atoms with Crippen LogP contribution in [-0.4, -0.2) is 70.6 Å². The number of hydrogen-bond donors (Lipinski definition) is 1. The fourth-order valence-corrected chi connectivity index (χ4v) is 4.34. The maximum atomic E-state index is 13.6. The number of aliphatic hydroxyl groups is 1. The van der Waals surface area contributed by atoms with Crippen LogP contribution in [0.2, 0.25) is 0 Å². The molecule has 0 radical (unpaired) electrons. The molecule has 1 aromatic heterocycles. The zero-order valence-electron chi connectivity index (χ0n) is 21.4. The van der Waals surface area contributed by atoms with Gasteiger partial charge >= 0.3 is 0 Å². The summed E-state index contributed by atoms with van der Waals surface area (Å²) >= 11 is 0. The smallest absolute Gasteiger partial charge is 0.259 e. The summed E-state index contributed by atoms with van der Waals surface area (Å²) in [5.74, 6) is -0.228. The molecule has 2 aromatic carbocycles. The van der Waals surface area contributed by atoms with Gasteiger partial charge in [0.2, 0.25) is 5.88 Å². The lowest BCUT2D eigenvalue weighted by molar-refractivity contribution is 0.0313. The number of hydrogen-bond acceptors (Lipinski definition) is 5. The molecule has 0 saturated heterocycles. The van der Waals surface area contributed by atoms with Crippen molar-refractivity contribution < 1.29 is 19.4 Å². The lowest BCUT2D eigenvalue weighted by Crippen LogP contribution is -2.50. The van der Waals surface area contributed by atoms with Crippen molar-refractivity contribution in [3.63, 3.8) is 0 Å². The first-order valence-corrected chi connectivity index (χ1v) is 12.5. The summed E-state index contributed by atoms with van der Waals surface area (Å²) in [5, 5.41) is 9.87. The van der Waals surface area contributed by atoms with Crippen molar-refractivity contribution in [1.82, 2.24) is 14.8 Å². The third-order valence-corrected chi connectivity index (χ3v) is 6.63. The van der Waals surface area contributed by atoms with Crippen LogP contribution >= 0.6 is 0 Å². The van der Waals surface area contributed by atoms with Crippen molar-refractivity contribution in [1.29, 1.82) is 0 Å². The summed E-state index contributed by atoms with van der Waals surface area (Å²) in [6.07, 6.45) is 5.13. The molecule has 7 heteroatoms. The quantitative estimate of drug-likeness (QED) is 0.526. The van der Waals surface area contributed by atoms with E-state index in [4.69, 9.17) is 4.74 Å². The van der Waals surface area contributed by atoms with E-state index in [9.17, 15) is 14.7 Å². The Morgan fingerprint density at radius 1 is 1.14 bits per heavy atom. The van der Waals surface area contributed by atoms with Gasteiger partial charge in [0.1, 0.15) is 11.7 Å². The molecule has 0 aliphatic carbocycles. The molecule has 7 nitrogen and oxygen atoms in total. The molecule has 0 unspecified atom stereocenters. The molecular formula is C30H33N3O4. The van der Waals surface area contributed by atoms with Gasteiger partial charge in [-0.25, -0.2) is 4.98 Å². The maximum absolute atomic E-state index is 13.6. The Morgan fingerprint density at radius 3 is 2.46 bits per heavy atom. The van der Waals surface area contributed by atoms with Gasteiger partial charge in [-0.15, -0.1) is 0 Å². The molecule has 1 aliphatic heterocycles. The Kier molecular flexibility index (Phi) is 8.36. The number of ether oxygens (including phenoxy) is 1. The number of carbonyl (C=O) groups is 2. The summed E-state index contributed by atoms with van der Waals surface area (Å²) in [4.78, 5) is 34.4. The minimum absolute atomic E-state index is 0.107. The Balaban J connectivity index is 1.64. The molecule has 0 saturated carbocycles. The van der Waals surface area contributed by atoms with E-state index >= 15 is 0 Å². The first-order valence-electron chi connectivity index (χ1n) is 12.5. The van der Waals surface area contributed by atoms with Gasteiger partial charge in [0, 0.05) is 31.3 Å². The topological polar surface area (TPSA) is 83.0 Å². The van der Waals surface area contributed by atoms with Crippen LogP contribution < -0.4 is 4.74 Å². The highest BCUT2D eigenvalue weighted by Gasteiger charge is 2.34. The first-order chi connectivity index (χ1) is 17.9. The van der Waals surface area contributed by atoms with Crippen molar-refractivity contribution in [3.05, 3.63) is 95.2 Å². The molecule has 1 N–H and O–H groups in total. The highest BCUT2D eigenvalue weighted by molar-refractivity contribution is 5.97. The average molecular weight is 500 g/mol. The van der Waals surface area contributed by atoms with Crippen LogP contribution in [0, 0.1) is 5.92 Å². The normalized spacial score (nSPS) is 18.5. The number of benzene rings is 2. The van der Waals surface area contributed by atoms with E-state index < -0.39 is 6.10 Å². The molecule has 3 aromatic rings. The van der Waals surface area contributed by atoms with E-state index in [1.807, 2.05) is 74.5 Å². The summed E-state index contributed by atoms with van der Waals surface area (Å²) in [6, 6.07) is 20.4. The number of carbonyl (C=O) groups excluding carboxylic acids is 2. The Labute approximate surface area is 218 Å². The van der Waals surface area contributed by atoms with Gasteiger partial charge in [0.15, 0.2) is 0 Å². The van der Waals surface area contributed by atoms with E-state index in [2.05, 4.69) is 4.98 Å². The predicted molar refractivity (Wildman–Crippen MR) is 144 cm³/mol. The Hall–Kier alpha value is -3.97. The SMILES string of the molecule is C[C@@H]1CN([C@@H](C)CO)C(=O)c2cc(/C=C/c3ccccc3)cnc2O[C@@H]1CN(C)C(=O)c1ccccc1. The number of likely N-dealkylation sites (N-methyl/N-ethyl adjacent to an activating group) is 1. The summed E-state index contributed by atoms with van der Waals surface area (Å²) in [6.45, 7) is 4.34. The van der Waals surface area contributed by atoms with Crippen LogP contribution in [0.3, 0.4) is 0 Å². The minimum Gasteiger partial charge on any atom is -0.472 e. The molecule has 4 rings (SSSR count). The van der Waals surface area contributed by atoms with Crippen molar-refractivity contribution in [2.24, 2.45) is 5.92 Å². The molecule has 3 atom stereocenters. The molecule has 0 fully saturated rings. The van der Waals surface area contributed by atoms with E-state index in [-0.39, 0.29) is 36.3 Å². The van der Waals surface area contributed by atoms with Crippen LogP contribution in [0.4, 0.5) is 0 Å². The molecule has 2 heterocycles. The Morgan fingerprint density at radius 2 is 1.78 bits per heavy atom. The molecule has 0 bridgehead atoms. The average Bonchev–Trinajstić information content (AvgIpc) is 2.94. The van der Waals surface area contributed by atoms with Gasteiger partial charge in [-0.05, 0) is 36.2 Å². The standard InChI is InChI=1S/C30H33N3O4/c1-21-18-33(22(2)20-34)30(36)26-16-24(15-14-23-10-6-4-7-11-23)17-31-28(26)37-27(21)19-32(3)29(35)25-12-8-5-9-13-25/h4-17,21-22,27,34H,18-20H2,1-3H3/b15-14+/t21-,22+,27-/m1/s1. The monoisotopic (exact) mass is 499 g/mol. The van der Waals surface area contributed by atoms with Crippen LogP contribution in [0.5, 0.6) is 5.88 Å². The Bertz CT molecular complexity index is 1250. The molecule has 1 aliphatic rings. The molecule has 2 amide bonds. The maximum Gasteiger partial charge on any atom is 0.259 e. The highest BCUT2D eigenvalue weighted by atomic mass is 16.5. The van der Waals surface area contributed by atoms with Gasteiger partial charge in [0.25, 0.3) is 11.8 Å². The minimum atomic E-state index is -0.406. The van der Waals surface area contributed by atoms with Gasteiger partial charge < -0.3 is 19.6 Å². The van der Waals surface area contributed by atoms with Crippen LogP contribution in [0.15, 0.2) is 72.9 Å². The summed E-state index contributed by atoms with van der Waals surface area (Å²) in [7, 11) is 1.75. The third kappa shape index (κ3) is 6.24.